The number of fused-ring (bicyclic) bond motifs is 5. The first kappa shape index (κ1) is 21.5. The molecule has 0 saturated heterocycles. The van der Waals surface area contributed by atoms with Crippen molar-refractivity contribution in [2.75, 3.05) is 31.4 Å². The Labute approximate surface area is 182 Å². The minimum absolute atomic E-state index is 0.101. The van der Waals surface area contributed by atoms with Crippen molar-refractivity contribution in [3.05, 3.63) is 11.6 Å². The predicted molar refractivity (Wildman–Crippen MR) is 119 cm³/mol. The average Bonchev–Trinajstić information content (AvgIpc) is 2.99. The molecule has 0 heterocycles. The van der Waals surface area contributed by atoms with Gasteiger partial charge >= 0.3 is 0 Å². The largest absolute Gasteiger partial charge is 0.393 e. The van der Waals surface area contributed by atoms with Crippen molar-refractivity contribution < 1.29 is 5.11 Å². The van der Waals surface area contributed by atoms with Crippen LogP contribution in [-0.4, -0.2) is 47.5 Å². The summed E-state index contributed by atoms with van der Waals surface area (Å²) in [5.74, 6) is 4.74. The first-order valence-electron chi connectivity index (χ1n) is 11.6. The Morgan fingerprint density at radius 3 is 2.50 bits per heavy atom. The zero-order valence-corrected chi connectivity index (χ0v) is 19.3. The molecule has 0 spiro atoms. The molecule has 3 fully saturated rings. The molecule has 1 N–H and O–H groups in total. The van der Waals surface area contributed by atoms with Gasteiger partial charge in [0.25, 0.3) is 0 Å². The molecule has 0 bridgehead atoms. The fourth-order valence-electron chi connectivity index (χ4n) is 7.90. The summed E-state index contributed by atoms with van der Waals surface area (Å²) in [6, 6.07) is 0. The maximum absolute atomic E-state index is 10.2. The molecule has 2 nitrogen and oxygen atoms in total. The Kier molecular flexibility index (Phi) is 6.44. The molecular weight excluding hydrogens is 389 g/mol. The van der Waals surface area contributed by atoms with E-state index in [1.54, 1.807) is 5.57 Å². The number of aliphatic hydroxyl groups excluding tert-OH is 1. The molecule has 28 heavy (non-hydrogen) atoms. The third-order valence-electron chi connectivity index (χ3n) is 9.55. The van der Waals surface area contributed by atoms with E-state index in [4.69, 9.17) is 23.2 Å². The van der Waals surface area contributed by atoms with Gasteiger partial charge in [-0.3, -0.25) is 0 Å². The summed E-state index contributed by atoms with van der Waals surface area (Å²) in [4.78, 5) is 2.51. The zero-order valence-electron chi connectivity index (χ0n) is 17.8. The summed E-state index contributed by atoms with van der Waals surface area (Å²) in [5, 5.41) is 10.2. The van der Waals surface area contributed by atoms with E-state index in [0.29, 0.717) is 22.6 Å². The first-order chi connectivity index (χ1) is 13.4. The molecule has 4 aliphatic rings. The van der Waals surface area contributed by atoms with E-state index in [1.165, 1.54) is 45.1 Å². The molecular formula is C24H39Cl2NO. The average molecular weight is 428 g/mol. The summed E-state index contributed by atoms with van der Waals surface area (Å²) in [5.41, 5.74) is 2.42. The van der Waals surface area contributed by atoms with Crippen molar-refractivity contribution in [3.63, 3.8) is 0 Å². The quantitative estimate of drug-likeness (QED) is 0.433. The molecule has 4 rings (SSSR count). The molecule has 0 aromatic carbocycles. The normalized spacial score (nSPS) is 45.4. The second-order valence-electron chi connectivity index (χ2n) is 10.7. The predicted octanol–water partition coefficient (Wildman–Crippen LogP) is 5.71. The van der Waals surface area contributed by atoms with E-state index in [-0.39, 0.29) is 6.10 Å². The second kappa shape index (κ2) is 8.40. The number of rotatable bonds is 6. The molecule has 0 radical (unpaired) electrons. The van der Waals surface area contributed by atoms with E-state index >= 15 is 0 Å². The zero-order chi connectivity index (χ0) is 19.9. The summed E-state index contributed by atoms with van der Waals surface area (Å²) >= 11 is 12.1. The van der Waals surface area contributed by atoms with Crippen molar-refractivity contribution >= 4 is 23.2 Å². The number of halogens is 2. The van der Waals surface area contributed by atoms with Crippen LogP contribution in [0.15, 0.2) is 11.6 Å². The molecule has 7 unspecified atom stereocenters. The number of allylic oxidation sites excluding steroid dienone is 1. The highest BCUT2D eigenvalue weighted by Gasteiger charge is 2.58. The van der Waals surface area contributed by atoms with Crippen molar-refractivity contribution in [1.82, 2.24) is 4.90 Å². The van der Waals surface area contributed by atoms with Gasteiger partial charge in [0, 0.05) is 31.4 Å². The fraction of sp³-hybridized carbons (Fsp3) is 0.917. The summed E-state index contributed by atoms with van der Waals surface area (Å²) in [7, 11) is 0. The van der Waals surface area contributed by atoms with Gasteiger partial charge in [0.1, 0.15) is 0 Å². The molecule has 160 valence electrons. The highest BCUT2D eigenvalue weighted by atomic mass is 35.5. The lowest BCUT2D eigenvalue weighted by Crippen LogP contribution is -2.51. The maximum Gasteiger partial charge on any atom is 0.0577 e. The first-order valence-corrected chi connectivity index (χ1v) is 12.7. The van der Waals surface area contributed by atoms with Gasteiger partial charge in [0.15, 0.2) is 0 Å². The smallest absolute Gasteiger partial charge is 0.0577 e. The highest BCUT2D eigenvalue weighted by Crippen LogP contribution is 2.66. The van der Waals surface area contributed by atoms with Crippen LogP contribution in [0, 0.1) is 34.5 Å². The lowest BCUT2D eigenvalue weighted by molar-refractivity contribution is -0.0531. The van der Waals surface area contributed by atoms with E-state index in [9.17, 15) is 5.11 Å². The van der Waals surface area contributed by atoms with Crippen LogP contribution in [0.5, 0.6) is 0 Å². The Balaban J connectivity index is 1.52. The van der Waals surface area contributed by atoms with Crippen LogP contribution < -0.4 is 0 Å². The van der Waals surface area contributed by atoms with E-state index in [2.05, 4.69) is 24.8 Å². The standard InChI is InChI=1S/C24H39Cl2NO/c1-23-9-7-19(28)15-17(23)3-5-20-21-6-4-18(16-27(13-11-25)14-12-26)24(21,2)10-8-22(20)23/h3,18-22,28H,4-16H2,1-2H3. The number of nitrogens with zero attached hydrogens (tertiary/aromatic N) is 1. The summed E-state index contributed by atoms with van der Waals surface area (Å²) in [6.45, 7) is 8.24. The summed E-state index contributed by atoms with van der Waals surface area (Å²) in [6.07, 6.45) is 12.3. The number of alkyl halides is 2. The molecule has 4 aliphatic carbocycles. The lowest BCUT2D eigenvalue weighted by Gasteiger charge is -2.58. The fourth-order valence-corrected chi connectivity index (χ4v) is 8.37. The Morgan fingerprint density at radius 2 is 1.79 bits per heavy atom. The van der Waals surface area contributed by atoms with Crippen LogP contribution in [0.4, 0.5) is 0 Å². The van der Waals surface area contributed by atoms with Gasteiger partial charge in [-0.2, -0.15) is 0 Å². The highest BCUT2D eigenvalue weighted by molar-refractivity contribution is 6.18. The van der Waals surface area contributed by atoms with Crippen molar-refractivity contribution in [2.24, 2.45) is 34.5 Å². The number of hydrogen-bond donors (Lipinski definition) is 1. The van der Waals surface area contributed by atoms with E-state index in [0.717, 1.165) is 49.6 Å². The minimum Gasteiger partial charge on any atom is -0.393 e. The Morgan fingerprint density at radius 1 is 1.04 bits per heavy atom. The maximum atomic E-state index is 10.2. The molecule has 0 aromatic rings. The van der Waals surface area contributed by atoms with Crippen molar-refractivity contribution in [1.29, 1.82) is 0 Å². The van der Waals surface area contributed by atoms with E-state index < -0.39 is 0 Å². The monoisotopic (exact) mass is 427 g/mol. The van der Waals surface area contributed by atoms with Crippen LogP contribution in [0.2, 0.25) is 0 Å². The Bertz CT molecular complexity index is 589. The summed E-state index contributed by atoms with van der Waals surface area (Å²) < 4.78 is 0. The van der Waals surface area contributed by atoms with Gasteiger partial charge in [-0.25, -0.2) is 0 Å². The third kappa shape index (κ3) is 3.59. The van der Waals surface area contributed by atoms with Gasteiger partial charge in [-0.05, 0) is 85.9 Å². The third-order valence-corrected chi connectivity index (χ3v) is 9.89. The SMILES string of the molecule is CC12CCC(O)CC1=CCC1C2CCC2(C)C(CN(CCCl)CCCl)CCC12. The van der Waals surface area contributed by atoms with Gasteiger partial charge in [0.2, 0.25) is 0 Å². The minimum atomic E-state index is -0.101. The van der Waals surface area contributed by atoms with Crippen LogP contribution in [-0.2, 0) is 0 Å². The van der Waals surface area contributed by atoms with E-state index in [1.807, 2.05) is 0 Å². The van der Waals surface area contributed by atoms with Crippen molar-refractivity contribution in [3.8, 4) is 0 Å². The molecule has 0 amide bonds. The molecule has 3 saturated carbocycles. The van der Waals surface area contributed by atoms with Crippen LogP contribution >= 0.6 is 23.2 Å². The van der Waals surface area contributed by atoms with Gasteiger partial charge in [0.05, 0.1) is 6.10 Å². The number of hydrogen-bond acceptors (Lipinski definition) is 2. The van der Waals surface area contributed by atoms with Gasteiger partial charge < -0.3 is 10.0 Å². The van der Waals surface area contributed by atoms with Crippen LogP contribution in [0.25, 0.3) is 0 Å². The topological polar surface area (TPSA) is 23.5 Å². The molecule has 7 atom stereocenters. The second-order valence-corrected chi connectivity index (χ2v) is 11.4. The molecule has 4 heteroatoms. The number of aliphatic hydroxyl groups is 1. The lowest BCUT2D eigenvalue weighted by atomic mass is 9.47. The van der Waals surface area contributed by atoms with Crippen LogP contribution in [0.3, 0.4) is 0 Å². The van der Waals surface area contributed by atoms with Crippen molar-refractivity contribution in [2.45, 2.75) is 71.3 Å². The van der Waals surface area contributed by atoms with Crippen LogP contribution in [0.1, 0.15) is 65.2 Å². The molecule has 0 aliphatic heterocycles. The van der Waals surface area contributed by atoms with Gasteiger partial charge in [-0.1, -0.05) is 25.5 Å². The van der Waals surface area contributed by atoms with Gasteiger partial charge in [-0.15, -0.1) is 23.2 Å². The molecule has 0 aromatic heterocycles. The Hall–Kier alpha value is 0.240.